The first-order valence-corrected chi connectivity index (χ1v) is 9.63. The molecule has 1 atom stereocenters. The zero-order chi connectivity index (χ0) is 16.2. The molecule has 0 aromatic heterocycles. The van der Waals surface area contributed by atoms with Crippen LogP contribution in [-0.2, 0) is 11.2 Å². The second-order valence-corrected chi connectivity index (χ2v) is 7.50. The van der Waals surface area contributed by atoms with Crippen LogP contribution in [0.3, 0.4) is 0 Å². The lowest BCUT2D eigenvalue weighted by molar-refractivity contribution is -0.000454. The largest absolute Gasteiger partial charge is 0.493 e. The lowest BCUT2D eigenvalue weighted by atomic mass is 9.94. The number of ether oxygens (including phenoxy) is 2. The van der Waals surface area contributed by atoms with Gasteiger partial charge in [-0.2, -0.15) is 0 Å². The zero-order valence-corrected chi connectivity index (χ0v) is 14.7. The molecule has 1 aromatic carbocycles. The number of hydrogen-bond donors (Lipinski definition) is 0. The van der Waals surface area contributed by atoms with Gasteiger partial charge in [-0.1, -0.05) is 18.2 Å². The van der Waals surface area contributed by atoms with E-state index in [1.165, 1.54) is 50.9 Å². The average molecular weight is 330 g/mol. The molecule has 3 aliphatic rings. The summed E-state index contributed by atoms with van der Waals surface area (Å²) < 4.78 is 11.4. The Morgan fingerprint density at radius 2 is 1.71 bits per heavy atom. The van der Waals surface area contributed by atoms with Crippen LogP contribution in [0.4, 0.5) is 0 Å². The maximum atomic E-state index is 5.93. The molecule has 4 nitrogen and oxygen atoms in total. The molecule has 3 aliphatic heterocycles. The number of para-hydroxylation sites is 1. The Hall–Kier alpha value is -1.10. The molecule has 2 fully saturated rings. The predicted octanol–water partition coefficient (Wildman–Crippen LogP) is 2.42. The number of nitrogens with zero attached hydrogens (tertiary/aromatic N) is 2. The fraction of sp³-hybridized carbons (Fsp3) is 0.700. The number of rotatable bonds is 3. The summed E-state index contributed by atoms with van der Waals surface area (Å²) in [5.74, 6) is 1.83. The Labute approximate surface area is 145 Å². The monoisotopic (exact) mass is 330 g/mol. The van der Waals surface area contributed by atoms with Crippen molar-refractivity contribution in [1.82, 2.24) is 9.80 Å². The van der Waals surface area contributed by atoms with Gasteiger partial charge in [0.1, 0.15) is 5.75 Å². The highest BCUT2D eigenvalue weighted by Gasteiger charge is 2.27. The molecule has 4 heteroatoms. The third-order valence-corrected chi connectivity index (χ3v) is 5.90. The summed E-state index contributed by atoms with van der Waals surface area (Å²) >= 11 is 0. The Morgan fingerprint density at radius 3 is 2.54 bits per heavy atom. The van der Waals surface area contributed by atoms with Crippen LogP contribution in [0.25, 0.3) is 0 Å². The molecule has 0 spiro atoms. The van der Waals surface area contributed by atoms with Crippen LogP contribution in [0.2, 0.25) is 0 Å². The lowest BCUT2D eigenvalue weighted by Gasteiger charge is -2.40. The van der Waals surface area contributed by atoms with Crippen molar-refractivity contribution in [1.29, 1.82) is 0 Å². The Bertz CT molecular complexity index is 522. The molecular weight excluding hydrogens is 300 g/mol. The first-order valence-electron chi connectivity index (χ1n) is 9.63. The van der Waals surface area contributed by atoms with Gasteiger partial charge in [-0.05, 0) is 56.3 Å². The van der Waals surface area contributed by atoms with Gasteiger partial charge in [0.15, 0.2) is 0 Å². The second-order valence-electron chi connectivity index (χ2n) is 7.50. The Balaban J connectivity index is 1.28. The molecule has 0 radical (unpaired) electrons. The smallest absolute Gasteiger partial charge is 0.122 e. The number of piperidine rings is 1. The number of fused-ring (bicyclic) bond motifs is 1. The molecule has 1 aromatic rings. The normalized spacial score (nSPS) is 27.2. The second kappa shape index (κ2) is 7.85. The Morgan fingerprint density at radius 1 is 0.917 bits per heavy atom. The number of hydrogen-bond acceptors (Lipinski definition) is 4. The molecule has 0 aliphatic carbocycles. The summed E-state index contributed by atoms with van der Waals surface area (Å²) in [5, 5.41) is 0. The fourth-order valence-electron chi connectivity index (χ4n) is 4.49. The van der Waals surface area contributed by atoms with Gasteiger partial charge in [-0.25, -0.2) is 0 Å². The highest BCUT2D eigenvalue weighted by Crippen LogP contribution is 2.28. The van der Waals surface area contributed by atoms with Crippen molar-refractivity contribution in [3.8, 4) is 5.75 Å². The highest BCUT2D eigenvalue weighted by molar-refractivity contribution is 5.34. The fourth-order valence-corrected chi connectivity index (χ4v) is 4.49. The minimum Gasteiger partial charge on any atom is -0.493 e. The highest BCUT2D eigenvalue weighted by atomic mass is 16.5. The number of likely N-dealkylation sites (tertiary alicyclic amines) is 1. The van der Waals surface area contributed by atoms with Gasteiger partial charge in [0.2, 0.25) is 0 Å². The van der Waals surface area contributed by atoms with E-state index in [1.807, 2.05) is 0 Å². The molecule has 0 amide bonds. The predicted molar refractivity (Wildman–Crippen MR) is 95.6 cm³/mol. The average Bonchev–Trinajstić information content (AvgIpc) is 2.85. The van der Waals surface area contributed by atoms with E-state index in [1.54, 1.807) is 0 Å². The molecular formula is C20H30N2O2. The molecule has 3 heterocycles. The summed E-state index contributed by atoms with van der Waals surface area (Å²) in [4.78, 5) is 5.34. The van der Waals surface area contributed by atoms with E-state index in [9.17, 15) is 0 Å². The molecule has 0 N–H and O–H groups in total. The number of morpholine rings is 1. The molecule has 0 bridgehead atoms. The lowest BCUT2D eigenvalue weighted by Crippen LogP contribution is -2.49. The minimum atomic E-state index is 0.730. The minimum absolute atomic E-state index is 0.730. The van der Waals surface area contributed by atoms with E-state index in [0.717, 1.165) is 50.6 Å². The van der Waals surface area contributed by atoms with Crippen LogP contribution in [0.5, 0.6) is 5.75 Å². The summed E-state index contributed by atoms with van der Waals surface area (Å²) in [7, 11) is 0. The van der Waals surface area contributed by atoms with E-state index in [2.05, 4.69) is 34.1 Å². The van der Waals surface area contributed by atoms with Crippen molar-refractivity contribution >= 4 is 0 Å². The molecule has 132 valence electrons. The van der Waals surface area contributed by atoms with Crippen molar-refractivity contribution in [3.63, 3.8) is 0 Å². The third-order valence-electron chi connectivity index (χ3n) is 5.90. The van der Waals surface area contributed by atoms with Crippen molar-refractivity contribution in [2.45, 2.75) is 31.7 Å². The van der Waals surface area contributed by atoms with Gasteiger partial charge in [-0.15, -0.1) is 0 Å². The topological polar surface area (TPSA) is 24.9 Å². The molecule has 24 heavy (non-hydrogen) atoms. The van der Waals surface area contributed by atoms with Gasteiger partial charge in [-0.3, -0.25) is 4.90 Å². The van der Waals surface area contributed by atoms with E-state index in [0.29, 0.717) is 0 Å². The van der Waals surface area contributed by atoms with Crippen molar-refractivity contribution in [2.75, 3.05) is 52.5 Å². The number of benzene rings is 1. The quantitative estimate of drug-likeness (QED) is 0.850. The van der Waals surface area contributed by atoms with E-state index >= 15 is 0 Å². The van der Waals surface area contributed by atoms with Crippen molar-refractivity contribution in [2.24, 2.45) is 5.92 Å². The summed E-state index contributed by atoms with van der Waals surface area (Å²) in [5.41, 5.74) is 1.39. The zero-order valence-electron chi connectivity index (χ0n) is 14.7. The van der Waals surface area contributed by atoms with Gasteiger partial charge < -0.3 is 14.4 Å². The molecule has 4 rings (SSSR count). The van der Waals surface area contributed by atoms with E-state index in [-0.39, 0.29) is 0 Å². The molecule has 0 unspecified atom stereocenters. The van der Waals surface area contributed by atoms with Gasteiger partial charge in [0.25, 0.3) is 0 Å². The van der Waals surface area contributed by atoms with E-state index < -0.39 is 0 Å². The van der Waals surface area contributed by atoms with Crippen molar-refractivity contribution in [3.05, 3.63) is 29.8 Å². The maximum Gasteiger partial charge on any atom is 0.122 e. The van der Waals surface area contributed by atoms with Crippen LogP contribution in [0, 0.1) is 5.92 Å². The van der Waals surface area contributed by atoms with Crippen LogP contribution >= 0.6 is 0 Å². The van der Waals surface area contributed by atoms with Gasteiger partial charge in [0.05, 0.1) is 19.8 Å². The molecule has 0 saturated carbocycles. The van der Waals surface area contributed by atoms with Crippen LogP contribution in [0.15, 0.2) is 24.3 Å². The summed E-state index contributed by atoms with van der Waals surface area (Å²) in [6.07, 6.45) is 4.98. The summed E-state index contributed by atoms with van der Waals surface area (Å²) in [6.45, 7) is 8.69. The van der Waals surface area contributed by atoms with Crippen LogP contribution < -0.4 is 4.74 Å². The summed E-state index contributed by atoms with van der Waals surface area (Å²) in [6, 6.07) is 9.35. The van der Waals surface area contributed by atoms with Crippen molar-refractivity contribution < 1.29 is 9.47 Å². The standard InChI is InChI=1S/C20H30N2O2/c1-2-4-20-18(3-1)15-17(7-12-24-20)16-21-8-5-19(6-9-21)22-10-13-23-14-11-22/h1-4,17,19H,5-16H2/t17-/m1/s1. The third kappa shape index (κ3) is 3.93. The first-order chi connectivity index (χ1) is 11.9. The van der Waals surface area contributed by atoms with E-state index in [4.69, 9.17) is 9.47 Å². The van der Waals surface area contributed by atoms with Gasteiger partial charge in [0, 0.05) is 25.7 Å². The molecule has 2 saturated heterocycles. The SMILES string of the molecule is c1ccc2c(c1)C[C@H](CN1CCC(N3CCOCC3)CC1)CCO2. The van der Waals surface area contributed by atoms with Crippen LogP contribution in [0.1, 0.15) is 24.8 Å². The Kier molecular flexibility index (Phi) is 5.36. The van der Waals surface area contributed by atoms with Crippen LogP contribution in [-0.4, -0.2) is 68.4 Å². The van der Waals surface area contributed by atoms with Gasteiger partial charge >= 0.3 is 0 Å². The first kappa shape index (κ1) is 16.4. The maximum absolute atomic E-state index is 5.93.